The van der Waals surface area contributed by atoms with Gasteiger partial charge in [0.2, 0.25) is 0 Å². The maximum absolute atomic E-state index is 14.8. The molecule has 0 bridgehead atoms. The highest BCUT2D eigenvalue weighted by atomic mass is 19.1. The van der Waals surface area contributed by atoms with Gasteiger partial charge >= 0.3 is 0 Å². The second-order valence-electron chi connectivity index (χ2n) is 8.11. The Kier molecular flexibility index (Phi) is 7.91. The molecule has 1 unspecified atom stereocenters. The number of allylic oxidation sites excluding steroid dienone is 2. The van der Waals surface area contributed by atoms with E-state index in [0.29, 0.717) is 29.0 Å². The normalized spacial score (nSPS) is 19.2. The Morgan fingerprint density at radius 2 is 1.77 bits per heavy atom. The fraction of sp³-hybridized carbons (Fsp3) is 0.542. The fourth-order valence-electron chi connectivity index (χ4n) is 4.43. The van der Waals surface area contributed by atoms with E-state index in [0.717, 1.165) is 24.3 Å². The Labute approximate surface area is 182 Å². The van der Waals surface area contributed by atoms with Crippen molar-refractivity contribution in [2.45, 2.75) is 58.4 Å². The molecule has 0 aromatic heterocycles. The summed E-state index contributed by atoms with van der Waals surface area (Å²) in [6.45, 7) is 3.00. The summed E-state index contributed by atoms with van der Waals surface area (Å²) in [6.07, 6.45) is 10.1. The van der Waals surface area contributed by atoms with Gasteiger partial charge in [0.25, 0.3) is 0 Å². The zero-order valence-corrected chi connectivity index (χ0v) is 18.4. The minimum absolute atomic E-state index is 0.117. The predicted molar refractivity (Wildman–Crippen MR) is 113 cm³/mol. The molecule has 7 heteroatoms. The van der Waals surface area contributed by atoms with Gasteiger partial charge in [0, 0.05) is 19.1 Å². The summed E-state index contributed by atoms with van der Waals surface area (Å²) in [7, 11) is 1.59. The quantitative estimate of drug-likeness (QED) is 0.588. The Bertz CT molecular complexity index is 870. The molecular formula is C24H30F2N2O3. The molecule has 168 valence electrons. The van der Waals surface area contributed by atoms with E-state index in [9.17, 15) is 8.78 Å². The van der Waals surface area contributed by atoms with E-state index in [1.807, 2.05) is 12.2 Å². The molecule has 1 aliphatic carbocycles. The molecule has 1 atom stereocenters. The van der Waals surface area contributed by atoms with Gasteiger partial charge in [-0.05, 0) is 55.9 Å². The molecule has 3 rings (SSSR count). The van der Waals surface area contributed by atoms with Gasteiger partial charge in [-0.2, -0.15) is 5.26 Å². The molecule has 0 spiro atoms. The van der Waals surface area contributed by atoms with Crippen LogP contribution in [0.1, 0.15) is 48.8 Å². The van der Waals surface area contributed by atoms with Crippen LogP contribution in [0.3, 0.4) is 0 Å². The molecule has 1 N–H and O–H groups in total. The molecule has 5 nitrogen and oxygen atoms in total. The van der Waals surface area contributed by atoms with Crippen LogP contribution in [0.15, 0.2) is 23.6 Å². The third kappa shape index (κ3) is 5.19. The minimum atomic E-state index is -0.750. The second-order valence-corrected chi connectivity index (χ2v) is 8.11. The first-order valence-corrected chi connectivity index (χ1v) is 10.7. The number of methoxy groups -OCH3 is 1. The summed E-state index contributed by atoms with van der Waals surface area (Å²) in [5, 5.41) is 12.2. The summed E-state index contributed by atoms with van der Waals surface area (Å²) < 4.78 is 45.4. The summed E-state index contributed by atoms with van der Waals surface area (Å²) in [6, 6.07) is 1.63. The van der Waals surface area contributed by atoms with Gasteiger partial charge in [0.05, 0.1) is 5.70 Å². The largest absolute Gasteiger partial charge is 0.473 e. The smallest absolute Gasteiger partial charge is 0.192 e. The molecule has 2 aliphatic rings. The molecule has 1 saturated carbocycles. The summed E-state index contributed by atoms with van der Waals surface area (Å²) in [4.78, 5) is 0. The highest BCUT2D eigenvalue weighted by Gasteiger charge is 2.28. The third-order valence-electron chi connectivity index (χ3n) is 6.10. The second kappa shape index (κ2) is 10.6. The van der Waals surface area contributed by atoms with Crippen molar-refractivity contribution < 1.29 is 23.0 Å². The zero-order valence-electron chi connectivity index (χ0n) is 18.4. The molecule has 0 saturated heterocycles. The Morgan fingerprint density at radius 3 is 2.39 bits per heavy atom. The maximum atomic E-state index is 14.8. The van der Waals surface area contributed by atoms with Gasteiger partial charge in [-0.1, -0.05) is 25.3 Å². The SMILES string of the molecule is COCOC1=C(C2CCCCC2)NC(Cc2c(C)c(F)c(OCC#N)c(F)c2C)C=C1. The Hall–Kier alpha value is -2.59. The maximum Gasteiger partial charge on any atom is 0.192 e. The van der Waals surface area contributed by atoms with Crippen LogP contribution < -0.4 is 10.1 Å². The molecule has 1 aliphatic heterocycles. The minimum Gasteiger partial charge on any atom is -0.473 e. The lowest BCUT2D eigenvalue weighted by Crippen LogP contribution is -2.36. The van der Waals surface area contributed by atoms with E-state index < -0.39 is 24.0 Å². The van der Waals surface area contributed by atoms with E-state index in [1.165, 1.54) is 19.3 Å². The first-order valence-electron chi connectivity index (χ1n) is 10.7. The number of nitrogens with zero attached hydrogens (tertiary/aromatic N) is 1. The van der Waals surface area contributed by atoms with Crippen LogP contribution in [0.2, 0.25) is 0 Å². The topological polar surface area (TPSA) is 63.5 Å². The van der Waals surface area contributed by atoms with E-state index >= 15 is 0 Å². The van der Waals surface area contributed by atoms with E-state index in [4.69, 9.17) is 19.5 Å². The number of benzene rings is 1. The number of ether oxygens (including phenoxy) is 3. The van der Waals surface area contributed by atoms with Crippen molar-refractivity contribution in [1.29, 1.82) is 5.26 Å². The van der Waals surface area contributed by atoms with Crippen LogP contribution >= 0.6 is 0 Å². The van der Waals surface area contributed by atoms with Crippen molar-refractivity contribution in [3.63, 3.8) is 0 Å². The van der Waals surface area contributed by atoms with E-state index in [2.05, 4.69) is 5.32 Å². The van der Waals surface area contributed by atoms with Crippen molar-refractivity contribution in [1.82, 2.24) is 5.32 Å². The first-order chi connectivity index (χ1) is 15.0. The number of nitriles is 1. The van der Waals surface area contributed by atoms with Gasteiger partial charge in [-0.15, -0.1) is 0 Å². The lowest BCUT2D eigenvalue weighted by molar-refractivity contribution is 0.00682. The number of rotatable bonds is 8. The Morgan fingerprint density at radius 1 is 1.10 bits per heavy atom. The molecule has 1 heterocycles. The Balaban J connectivity index is 1.84. The lowest BCUT2D eigenvalue weighted by Gasteiger charge is -2.32. The average Bonchev–Trinajstić information content (AvgIpc) is 2.80. The van der Waals surface area contributed by atoms with Gasteiger partial charge in [0.15, 0.2) is 30.8 Å². The molecule has 0 radical (unpaired) electrons. The van der Waals surface area contributed by atoms with Crippen LogP contribution in [-0.2, 0) is 15.9 Å². The standard InChI is InChI=1S/C24H30F2N2O3/c1-15-19(16(2)22(26)24(21(15)25)30-12-11-27)13-18-9-10-20(31-14-29-3)23(28-18)17-7-5-4-6-8-17/h9-10,17-18,28H,4-8,12-14H2,1-3H3. The number of nitrogens with one attached hydrogen (secondary N) is 1. The number of hydrogen-bond acceptors (Lipinski definition) is 5. The summed E-state index contributed by atoms with van der Waals surface area (Å²) in [5.41, 5.74) is 2.33. The van der Waals surface area contributed by atoms with Gasteiger partial charge in [0.1, 0.15) is 11.8 Å². The van der Waals surface area contributed by atoms with E-state index in [-0.39, 0.29) is 12.8 Å². The van der Waals surface area contributed by atoms with Crippen molar-refractivity contribution in [3.05, 3.63) is 51.9 Å². The van der Waals surface area contributed by atoms with E-state index in [1.54, 1.807) is 27.0 Å². The van der Waals surface area contributed by atoms with Crippen molar-refractivity contribution in [2.24, 2.45) is 5.92 Å². The highest BCUT2D eigenvalue weighted by molar-refractivity contribution is 5.45. The first kappa shape index (κ1) is 23.1. The van der Waals surface area contributed by atoms with Crippen LogP contribution in [0.4, 0.5) is 8.78 Å². The van der Waals surface area contributed by atoms with Gasteiger partial charge < -0.3 is 19.5 Å². The molecule has 1 aromatic rings. The van der Waals surface area contributed by atoms with Crippen LogP contribution in [0.5, 0.6) is 5.75 Å². The summed E-state index contributed by atoms with van der Waals surface area (Å²) in [5.74, 6) is -0.826. The van der Waals surface area contributed by atoms with Gasteiger partial charge in [-0.3, -0.25) is 0 Å². The lowest BCUT2D eigenvalue weighted by atomic mass is 9.84. The number of halogens is 2. The predicted octanol–water partition coefficient (Wildman–Crippen LogP) is 4.97. The number of dihydropyridines is 1. The fourth-order valence-corrected chi connectivity index (χ4v) is 4.43. The molecule has 1 aromatic carbocycles. The van der Waals surface area contributed by atoms with Crippen LogP contribution in [0.25, 0.3) is 0 Å². The van der Waals surface area contributed by atoms with Crippen LogP contribution in [0, 0.1) is 42.7 Å². The zero-order chi connectivity index (χ0) is 22.4. The highest BCUT2D eigenvalue weighted by Crippen LogP contribution is 2.35. The molecular weight excluding hydrogens is 402 g/mol. The molecule has 31 heavy (non-hydrogen) atoms. The third-order valence-corrected chi connectivity index (χ3v) is 6.10. The monoisotopic (exact) mass is 432 g/mol. The summed E-state index contributed by atoms with van der Waals surface area (Å²) >= 11 is 0. The van der Waals surface area contributed by atoms with Crippen molar-refractivity contribution >= 4 is 0 Å². The van der Waals surface area contributed by atoms with Gasteiger partial charge in [-0.25, -0.2) is 8.78 Å². The van der Waals surface area contributed by atoms with Crippen molar-refractivity contribution in [2.75, 3.05) is 20.5 Å². The number of hydrogen-bond donors (Lipinski definition) is 1. The average molecular weight is 433 g/mol. The van der Waals surface area contributed by atoms with Crippen LogP contribution in [-0.4, -0.2) is 26.6 Å². The molecule has 1 fully saturated rings. The molecule has 0 amide bonds. The van der Waals surface area contributed by atoms with Crippen molar-refractivity contribution in [3.8, 4) is 11.8 Å².